The lowest BCUT2D eigenvalue weighted by atomic mass is 9.87. The molecule has 1 fully saturated rings. The fourth-order valence-electron chi connectivity index (χ4n) is 3.94. The maximum Gasteiger partial charge on any atom is 0.306 e. The number of aryl methyl sites for hydroxylation is 1. The number of hydrogen-bond donors (Lipinski definition) is 2. The van der Waals surface area contributed by atoms with Gasteiger partial charge in [0.25, 0.3) is 0 Å². The minimum atomic E-state index is -0.769. The first-order valence-corrected chi connectivity index (χ1v) is 11.4. The Bertz CT molecular complexity index is 1140. The van der Waals surface area contributed by atoms with Crippen LogP contribution in [-0.2, 0) is 23.8 Å². The highest BCUT2D eigenvalue weighted by molar-refractivity contribution is 5.70. The second kappa shape index (κ2) is 9.70. The van der Waals surface area contributed by atoms with Crippen LogP contribution < -0.4 is 10.1 Å². The molecular weight excluding hydrogens is 436 g/mol. The molecule has 1 aliphatic carbocycles. The van der Waals surface area contributed by atoms with Gasteiger partial charge in [0.15, 0.2) is 0 Å². The molecule has 0 saturated heterocycles. The van der Waals surface area contributed by atoms with Gasteiger partial charge in [0.2, 0.25) is 11.8 Å². The fourth-order valence-corrected chi connectivity index (χ4v) is 3.94. The van der Waals surface area contributed by atoms with Crippen molar-refractivity contribution < 1.29 is 14.6 Å². The molecule has 11 heteroatoms. The molecule has 3 aromatic heterocycles. The van der Waals surface area contributed by atoms with Crippen LogP contribution in [0.2, 0.25) is 0 Å². The topological polar surface area (TPSA) is 141 Å². The Morgan fingerprint density at radius 2 is 2.06 bits per heavy atom. The van der Waals surface area contributed by atoms with E-state index < -0.39 is 5.97 Å². The molecule has 2 atom stereocenters. The van der Waals surface area contributed by atoms with E-state index in [1.165, 1.54) is 0 Å². The SMILES string of the molecule is Cn1nnc(-c2cnc(O[C@H]3CCC[C@H](C(=O)O)C3)cn2)c1CNc1nccc(C(C)(C)C)n1. The summed E-state index contributed by atoms with van der Waals surface area (Å²) in [6.45, 7) is 6.72. The molecule has 0 amide bonds. The average Bonchev–Trinajstić information content (AvgIpc) is 3.18. The molecule has 0 radical (unpaired) electrons. The smallest absolute Gasteiger partial charge is 0.306 e. The number of hydrogen-bond acceptors (Lipinski definition) is 9. The van der Waals surface area contributed by atoms with E-state index in [4.69, 9.17) is 4.74 Å². The lowest BCUT2D eigenvalue weighted by Crippen LogP contribution is -2.29. The number of rotatable bonds is 7. The van der Waals surface area contributed by atoms with Crippen LogP contribution in [0.5, 0.6) is 5.88 Å². The van der Waals surface area contributed by atoms with Gasteiger partial charge >= 0.3 is 5.97 Å². The third-order valence-corrected chi connectivity index (χ3v) is 5.91. The van der Waals surface area contributed by atoms with Crippen molar-refractivity contribution in [1.29, 1.82) is 0 Å². The highest BCUT2D eigenvalue weighted by Gasteiger charge is 2.28. The monoisotopic (exact) mass is 466 g/mol. The van der Waals surface area contributed by atoms with Crippen LogP contribution in [0.4, 0.5) is 5.95 Å². The van der Waals surface area contributed by atoms with Crippen molar-refractivity contribution in [2.75, 3.05) is 5.32 Å². The molecule has 0 unspecified atom stereocenters. The molecule has 11 nitrogen and oxygen atoms in total. The van der Waals surface area contributed by atoms with Crippen LogP contribution in [0, 0.1) is 5.92 Å². The maximum absolute atomic E-state index is 11.3. The van der Waals surface area contributed by atoms with Gasteiger partial charge in [-0.25, -0.2) is 24.6 Å². The van der Waals surface area contributed by atoms with Crippen LogP contribution in [0.3, 0.4) is 0 Å². The Labute approximate surface area is 198 Å². The predicted molar refractivity (Wildman–Crippen MR) is 124 cm³/mol. The highest BCUT2D eigenvalue weighted by atomic mass is 16.5. The van der Waals surface area contributed by atoms with Gasteiger partial charge in [0.05, 0.1) is 36.2 Å². The van der Waals surface area contributed by atoms with E-state index in [-0.39, 0.29) is 17.4 Å². The Morgan fingerprint density at radius 3 is 2.76 bits per heavy atom. The Morgan fingerprint density at radius 1 is 1.24 bits per heavy atom. The second-order valence-corrected chi connectivity index (χ2v) is 9.56. The van der Waals surface area contributed by atoms with Gasteiger partial charge in [0, 0.05) is 18.7 Å². The van der Waals surface area contributed by atoms with Crippen LogP contribution in [0.1, 0.15) is 57.8 Å². The molecule has 3 heterocycles. The standard InChI is InChI=1S/C23H30N8O3/c1-23(2,3)18-8-9-24-22(28-18)27-12-17-20(29-30-31(17)4)16-11-26-19(13-25-16)34-15-7-5-6-14(10-15)21(32)33/h8-9,11,13-15H,5-7,10,12H2,1-4H3,(H,32,33)(H,24,27,28)/t14-,15-/m0/s1. The molecule has 0 aromatic carbocycles. The summed E-state index contributed by atoms with van der Waals surface area (Å²) in [5.41, 5.74) is 2.84. The molecule has 0 spiro atoms. The van der Waals surface area contributed by atoms with E-state index in [9.17, 15) is 9.90 Å². The minimum Gasteiger partial charge on any atom is -0.481 e. The number of carboxylic acid groups (broad SMARTS) is 1. The van der Waals surface area contributed by atoms with Crippen LogP contribution in [0.25, 0.3) is 11.4 Å². The summed E-state index contributed by atoms with van der Waals surface area (Å²) in [5.74, 6) is -0.236. The summed E-state index contributed by atoms with van der Waals surface area (Å²) in [7, 11) is 1.81. The van der Waals surface area contributed by atoms with Crippen molar-refractivity contribution in [2.45, 2.75) is 64.5 Å². The van der Waals surface area contributed by atoms with Gasteiger partial charge < -0.3 is 15.2 Å². The van der Waals surface area contributed by atoms with E-state index >= 15 is 0 Å². The Hall–Kier alpha value is -3.63. The predicted octanol–water partition coefficient (Wildman–Crippen LogP) is 2.99. The van der Waals surface area contributed by atoms with Gasteiger partial charge in [-0.05, 0) is 31.7 Å². The van der Waals surface area contributed by atoms with Crippen molar-refractivity contribution in [1.82, 2.24) is 34.9 Å². The fraction of sp³-hybridized carbons (Fsp3) is 0.522. The number of carbonyl (C=O) groups is 1. The lowest BCUT2D eigenvalue weighted by Gasteiger charge is -2.26. The minimum absolute atomic E-state index is 0.0792. The maximum atomic E-state index is 11.3. The van der Waals surface area contributed by atoms with Crippen molar-refractivity contribution in [3.8, 4) is 17.3 Å². The van der Waals surface area contributed by atoms with E-state index in [0.717, 1.165) is 24.2 Å². The zero-order chi connectivity index (χ0) is 24.3. The Kier molecular flexibility index (Phi) is 6.71. The van der Waals surface area contributed by atoms with Crippen molar-refractivity contribution in [3.63, 3.8) is 0 Å². The lowest BCUT2D eigenvalue weighted by molar-refractivity contribution is -0.143. The zero-order valence-electron chi connectivity index (χ0n) is 19.9. The molecule has 0 bridgehead atoms. The van der Waals surface area contributed by atoms with E-state index in [0.29, 0.717) is 42.6 Å². The third kappa shape index (κ3) is 5.46. The van der Waals surface area contributed by atoms with Gasteiger partial charge in [-0.15, -0.1) is 5.10 Å². The number of aliphatic carboxylic acids is 1. The summed E-state index contributed by atoms with van der Waals surface area (Å²) in [4.78, 5) is 29.0. The quantitative estimate of drug-likeness (QED) is 0.534. The largest absolute Gasteiger partial charge is 0.481 e. The van der Waals surface area contributed by atoms with Gasteiger partial charge in [0.1, 0.15) is 17.5 Å². The highest BCUT2D eigenvalue weighted by Crippen LogP contribution is 2.28. The molecule has 0 aliphatic heterocycles. The number of nitrogens with zero attached hydrogens (tertiary/aromatic N) is 7. The number of carboxylic acids is 1. The van der Waals surface area contributed by atoms with E-state index in [2.05, 4.69) is 56.3 Å². The number of anilines is 1. The van der Waals surface area contributed by atoms with Crippen LogP contribution >= 0.6 is 0 Å². The normalized spacial score (nSPS) is 18.5. The van der Waals surface area contributed by atoms with Crippen molar-refractivity contribution >= 4 is 11.9 Å². The molecule has 1 saturated carbocycles. The molecule has 180 valence electrons. The molecule has 1 aliphatic rings. The van der Waals surface area contributed by atoms with Crippen molar-refractivity contribution in [2.24, 2.45) is 13.0 Å². The van der Waals surface area contributed by atoms with E-state index in [1.54, 1.807) is 23.3 Å². The number of ether oxygens (including phenoxy) is 1. The summed E-state index contributed by atoms with van der Waals surface area (Å²) in [6, 6.07) is 1.91. The summed E-state index contributed by atoms with van der Waals surface area (Å²) >= 11 is 0. The molecule has 4 rings (SSSR count). The second-order valence-electron chi connectivity index (χ2n) is 9.56. The first-order chi connectivity index (χ1) is 16.2. The average molecular weight is 467 g/mol. The van der Waals surface area contributed by atoms with Gasteiger partial charge in [-0.2, -0.15) is 0 Å². The van der Waals surface area contributed by atoms with E-state index in [1.807, 2.05) is 13.1 Å². The first kappa shape index (κ1) is 23.5. The third-order valence-electron chi connectivity index (χ3n) is 5.91. The van der Waals surface area contributed by atoms with Crippen LogP contribution in [0.15, 0.2) is 24.7 Å². The van der Waals surface area contributed by atoms with Gasteiger partial charge in [-0.1, -0.05) is 26.0 Å². The summed E-state index contributed by atoms with van der Waals surface area (Å²) in [6.07, 6.45) is 7.52. The molecular formula is C23H30N8O3. The van der Waals surface area contributed by atoms with Crippen LogP contribution in [-0.4, -0.2) is 52.1 Å². The first-order valence-electron chi connectivity index (χ1n) is 11.4. The summed E-state index contributed by atoms with van der Waals surface area (Å²) < 4.78 is 7.58. The van der Waals surface area contributed by atoms with Crippen molar-refractivity contribution in [3.05, 3.63) is 36.0 Å². The molecule has 2 N–H and O–H groups in total. The summed E-state index contributed by atoms with van der Waals surface area (Å²) in [5, 5.41) is 20.9. The van der Waals surface area contributed by atoms with Gasteiger partial charge in [-0.3, -0.25) is 4.79 Å². The Balaban J connectivity index is 1.44. The molecule has 34 heavy (non-hydrogen) atoms. The number of aromatic nitrogens is 7. The number of nitrogens with one attached hydrogen (secondary N) is 1. The zero-order valence-corrected chi connectivity index (χ0v) is 19.9. The molecule has 3 aromatic rings.